The molecule has 0 aliphatic heterocycles. The fourth-order valence-corrected chi connectivity index (χ4v) is 2.74. The molecule has 0 unspecified atom stereocenters. The van der Waals surface area contributed by atoms with Crippen LogP contribution in [0.4, 0.5) is 0 Å². The number of rotatable bonds is 4. The maximum Gasteiger partial charge on any atom is 0.307 e. The Morgan fingerprint density at radius 3 is 2.70 bits per heavy atom. The standard InChI is InChI=1S/C15H20N2O3/c1-10-6-7-16-8-11(10)9-17-14(18)12-4-2-3-5-13(12)15(19)20/h6-8,12-13H,2-5,9H2,1H3,(H,17,18)(H,19,20)/t12-,13+/m1/s1. The molecule has 5 heteroatoms. The van der Waals surface area contributed by atoms with Gasteiger partial charge in [-0.15, -0.1) is 0 Å². The highest BCUT2D eigenvalue weighted by molar-refractivity contribution is 5.84. The summed E-state index contributed by atoms with van der Waals surface area (Å²) in [5, 5.41) is 12.0. The number of carbonyl (C=O) groups is 2. The Bertz CT molecular complexity index is 502. The first-order valence-corrected chi connectivity index (χ1v) is 6.99. The Morgan fingerprint density at radius 2 is 2.05 bits per heavy atom. The first-order chi connectivity index (χ1) is 9.59. The van der Waals surface area contributed by atoms with Crippen LogP contribution in [0.25, 0.3) is 0 Å². The topological polar surface area (TPSA) is 79.3 Å². The monoisotopic (exact) mass is 276 g/mol. The van der Waals surface area contributed by atoms with Crippen molar-refractivity contribution in [1.29, 1.82) is 0 Å². The minimum absolute atomic E-state index is 0.152. The summed E-state index contributed by atoms with van der Waals surface area (Å²) in [5.74, 6) is -1.96. The van der Waals surface area contributed by atoms with Crippen LogP contribution in [0.5, 0.6) is 0 Å². The number of aromatic nitrogens is 1. The largest absolute Gasteiger partial charge is 0.481 e. The van der Waals surface area contributed by atoms with E-state index in [0.717, 1.165) is 24.0 Å². The highest BCUT2D eigenvalue weighted by atomic mass is 16.4. The van der Waals surface area contributed by atoms with Crippen molar-refractivity contribution >= 4 is 11.9 Å². The first kappa shape index (κ1) is 14.5. The van der Waals surface area contributed by atoms with E-state index >= 15 is 0 Å². The molecule has 1 aromatic rings. The van der Waals surface area contributed by atoms with Gasteiger partial charge in [0.15, 0.2) is 0 Å². The molecule has 1 amide bonds. The van der Waals surface area contributed by atoms with Crippen LogP contribution in [0, 0.1) is 18.8 Å². The van der Waals surface area contributed by atoms with Gasteiger partial charge in [-0.25, -0.2) is 0 Å². The van der Waals surface area contributed by atoms with Crippen LogP contribution < -0.4 is 5.32 Å². The van der Waals surface area contributed by atoms with E-state index in [1.54, 1.807) is 12.4 Å². The van der Waals surface area contributed by atoms with Crippen molar-refractivity contribution in [3.05, 3.63) is 29.6 Å². The SMILES string of the molecule is Cc1ccncc1CNC(=O)[C@@H]1CCCC[C@@H]1C(=O)O. The van der Waals surface area contributed by atoms with Crippen LogP contribution in [0.3, 0.4) is 0 Å². The lowest BCUT2D eigenvalue weighted by atomic mass is 9.78. The molecule has 1 saturated carbocycles. The summed E-state index contributed by atoms with van der Waals surface area (Å²) >= 11 is 0. The third-order valence-electron chi connectivity index (χ3n) is 4.02. The maximum atomic E-state index is 12.2. The van der Waals surface area contributed by atoms with Gasteiger partial charge in [0.2, 0.25) is 5.91 Å². The lowest BCUT2D eigenvalue weighted by molar-refractivity contribution is -0.148. The number of nitrogens with zero attached hydrogens (tertiary/aromatic N) is 1. The molecule has 1 fully saturated rings. The molecule has 108 valence electrons. The number of nitrogens with one attached hydrogen (secondary N) is 1. The van der Waals surface area contributed by atoms with E-state index in [1.807, 2.05) is 13.0 Å². The van der Waals surface area contributed by atoms with Crippen LogP contribution in [0.2, 0.25) is 0 Å². The molecule has 0 aromatic carbocycles. The molecule has 2 atom stereocenters. The molecule has 0 bridgehead atoms. The summed E-state index contributed by atoms with van der Waals surface area (Å²) in [6.07, 6.45) is 6.51. The zero-order valence-electron chi connectivity index (χ0n) is 11.6. The average Bonchev–Trinajstić information content (AvgIpc) is 2.46. The molecule has 1 aliphatic carbocycles. The third kappa shape index (κ3) is 3.35. The van der Waals surface area contributed by atoms with Crippen LogP contribution in [0.1, 0.15) is 36.8 Å². The van der Waals surface area contributed by atoms with Crippen molar-refractivity contribution in [3.8, 4) is 0 Å². The molecular formula is C15H20N2O3. The van der Waals surface area contributed by atoms with Crippen molar-refractivity contribution in [2.45, 2.75) is 39.2 Å². The van der Waals surface area contributed by atoms with Gasteiger partial charge < -0.3 is 10.4 Å². The number of carbonyl (C=O) groups excluding carboxylic acids is 1. The van der Waals surface area contributed by atoms with E-state index in [0.29, 0.717) is 19.4 Å². The second-order valence-electron chi connectivity index (χ2n) is 5.36. The summed E-state index contributed by atoms with van der Waals surface area (Å²) in [5.41, 5.74) is 2.03. The smallest absolute Gasteiger partial charge is 0.307 e. The second-order valence-corrected chi connectivity index (χ2v) is 5.36. The number of carboxylic acid groups (broad SMARTS) is 1. The van der Waals surface area contributed by atoms with Crippen molar-refractivity contribution < 1.29 is 14.7 Å². The minimum atomic E-state index is -0.859. The Kier molecular flexibility index (Phi) is 4.71. The van der Waals surface area contributed by atoms with Crippen LogP contribution in [0.15, 0.2) is 18.5 Å². The Balaban J connectivity index is 1.97. The van der Waals surface area contributed by atoms with Crippen LogP contribution >= 0.6 is 0 Å². The molecule has 0 spiro atoms. The van der Waals surface area contributed by atoms with Gasteiger partial charge in [0, 0.05) is 18.9 Å². The summed E-state index contributed by atoms with van der Waals surface area (Å²) < 4.78 is 0. The molecular weight excluding hydrogens is 256 g/mol. The maximum absolute atomic E-state index is 12.2. The van der Waals surface area contributed by atoms with Gasteiger partial charge in [-0.2, -0.15) is 0 Å². The van der Waals surface area contributed by atoms with Gasteiger partial charge in [-0.3, -0.25) is 14.6 Å². The summed E-state index contributed by atoms with van der Waals surface area (Å²) in [6, 6.07) is 1.89. The molecule has 5 nitrogen and oxygen atoms in total. The molecule has 20 heavy (non-hydrogen) atoms. The van der Waals surface area contributed by atoms with Crippen molar-refractivity contribution in [3.63, 3.8) is 0 Å². The molecule has 1 heterocycles. The minimum Gasteiger partial charge on any atom is -0.481 e. The van der Waals surface area contributed by atoms with E-state index < -0.39 is 17.8 Å². The molecule has 1 aliphatic rings. The fourth-order valence-electron chi connectivity index (χ4n) is 2.74. The number of hydrogen-bond acceptors (Lipinski definition) is 3. The quantitative estimate of drug-likeness (QED) is 0.880. The fraction of sp³-hybridized carbons (Fsp3) is 0.533. The number of hydrogen-bond donors (Lipinski definition) is 2. The van der Waals surface area contributed by atoms with Gasteiger partial charge >= 0.3 is 5.97 Å². The average molecular weight is 276 g/mol. The second kappa shape index (κ2) is 6.50. The molecule has 1 aromatic heterocycles. The summed E-state index contributed by atoms with van der Waals surface area (Å²) in [6.45, 7) is 2.37. The first-order valence-electron chi connectivity index (χ1n) is 6.99. The lowest BCUT2D eigenvalue weighted by Crippen LogP contribution is -2.39. The Morgan fingerprint density at radius 1 is 1.35 bits per heavy atom. The van der Waals surface area contributed by atoms with Gasteiger partial charge in [0.1, 0.15) is 0 Å². The zero-order valence-corrected chi connectivity index (χ0v) is 11.6. The highest BCUT2D eigenvalue weighted by Crippen LogP contribution is 2.30. The van der Waals surface area contributed by atoms with E-state index in [9.17, 15) is 14.7 Å². The highest BCUT2D eigenvalue weighted by Gasteiger charge is 2.35. The number of amides is 1. The van der Waals surface area contributed by atoms with E-state index in [-0.39, 0.29) is 5.91 Å². The third-order valence-corrected chi connectivity index (χ3v) is 4.02. The predicted octanol–water partition coefficient (Wildman–Crippen LogP) is 1.90. The lowest BCUT2D eigenvalue weighted by Gasteiger charge is -2.27. The van der Waals surface area contributed by atoms with Gasteiger partial charge in [0.25, 0.3) is 0 Å². The van der Waals surface area contributed by atoms with Gasteiger partial charge in [-0.1, -0.05) is 12.8 Å². The number of aryl methyl sites for hydroxylation is 1. The molecule has 0 radical (unpaired) electrons. The predicted molar refractivity (Wildman–Crippen MR) is 73.9 cm³/mol. The molecule has 2 rings (SSSR count). The van der Waals surface area contributed by atoms with E-state index in [2.05, 4.69) is 10.3 Å². The molecule has 2 N–H and O–H groups in total. The van der Waals surface area contributed by atoms with Gasteiger partial charge in [0.05, 0.1) is 11.8 Å². The number of carboxylic acids is 1. The Hall–Kier alpha value is -1.91. The normalized spacial score (nSPS) is 22.2. The van der Waals surface area contributed by atoms with Crippen molar-refractivity contribution in [2.24, 2.45) is 11.8 Å². The zero-order chi connectivity index (χ0) is 14.5. The number of pyridine rings is 1. The Labute approximate surface area is 118 Å². The number of aliphatic carboxylic acids is 1. The van der Waals surface area contributed by atoms with Crippen molar-refractivity contribution in [1.82, 2.24) is 10.3 Å². The summed E-state index contributed by atoms with van der Waals surface area (Å²) in [7, 11) is 0. The van der Waals surface area contributed by atoms with Crippen LogP contribution in [-0.4, -0.2) is 22.0 Å². The van der Waals surface area contributed by atoms with E-state index in [4.69, 9.17) is 0 Å². The van der Waals surface area contributed by atoms with Gasteiger partial charge in [-0.05, 0) is 37.0 Å². The molecule has 0 saturated heterocycles. The van der Waals surface area contributed by atoms with Crippen molar-refractivity contribution in [2.75, 3.05) is 0 Å². The van der Waals surface area contributed by atoms with Crippen LogP contribution in [-0.2, 0) is 16.1 Å². The summed E-state index contributed by atoms with van der Waals surface area (Å²) in [4.78, 5) is 27.4. The van der Waals surface area contributed by atoms with E-state index in [1.165, 1.54) is 0 Å².